The predicted molar refractivity (Wildman–Crippen MR) is 119 cm³/mol. The molecule has 2 rings (SSSR count). The van der Waals surface area contributed by atoms with Crippen LogP contribution in [-0.2, 0) is 15.7 Å². The van der Waals surface area contributed by atoms with Crippen molar-refractivity contribution in [1.82, 2.24) is 0 Å². The molecular formula is C20H29BrN2O5S. The molecule has 0 aliphatic rings. The molecule has 0 radical (unpaired) electrons. The number of halogens is 1. The molecule has 9 heteroatoms. The van der Waals surface area contributed by atoms with Gasteiger partial charge in [0.15, 0.2) is 11.5 Å². The quantitative estimate of drug-likeness (QED) is 0.209. The highest BCUT2D eigenvalue weighted by atomic mass is 79.9. The third-order valence-corrected chi connectivity index (χ3v) is 4.40. The molecular weight excluding hydrogens is 460 g/mol. The van der Waals surface area contributed by atoms with Crippen molar-refractivity contribution in [3.8, 4) is 17.2 Å². The van der Waals surface area contributed by atoms with E-state index in [9.17, 15) is 0 Å². The van der Waals surface area contributed by atoms with Crippen LogP contribution in [0.2, 0.25) is 0 Å². The van der Waals surface area contributed by atoms with E-state index in [1.165, 1.54) is 0 Å². The van der Waals surface area contributed by atoms with E-state index in [0.717, 1.165) is 45.8 Å². The molecule has 162 valence electrons. The van der Waals surface area contributed by atoms with Crippen molar-refractivity contribution in [2.24, 2.45) is 11.6 Å². The number of nitrogens with two attached hydrogens (primary N) is 2. The third kappa shape index (κ3) is 10.2. The number of rotatable bonds is 11. The van der Waals surface area contributed by atoms with E-state index in [4.69, 9.17) is 25.8 Å². The number of hydrogen-bond donors (Lipinski definition) is 2. The molecule has 7 nitrogen and oxygen atoms in total. The molecule has 0 saturated carbocycles. The highest BCUT2D eigenvalue weighted by Crippen LogP contribution is 2.31. The van der Waals surface area contributed by atoms with Gasteiger partial charge >= 0.3 is 0 Å². The van der Waals surface area contributed by atoms with Gasteiger partial charge in [-0.05, 0) is 50.1 Å². The molecule has 0 aliphatic carbocycles. The summed E-state index contributed by atoms with van der Waals surface area (Å²) >= 11 is 4.30. The van der Waals surface area contributed by atoms with E-state index < -0.39 is 0 Å². The van der Waals surface area contributed by atoms with Crippen molar-refractivity contribution in [3.05, 3.63) is 48.0 Å². The largest absolute Gasteiger partial charge is 0.495 e. The molecule has 0 bridgehead atoms. The van der Waals surface area contributed by atoms with E-state index >= 15 is 0 Å². The highest BCUT2D eigenvalue weighted by molar-refractivity contribution is 9.09. The van der Waals surface area contributed by atoms with Crippen LogP contribution in [-0.4, -0.2) is 31.7 Å². The molecule has 0 heterocycles. The maximum absolute atomic E-state index is 5.73. The minimum Gasteiger partial charge on any atom is -0.495 e. The Labute approximate surface area is 185 Å². The van der Waals surface area contributed by atoms with E-state index in [1.807, 2.05) is 56.3 Å². The zero-order valence-corrected chi connectivity index (χ0v) is 19.3. The van der Waals surface area contributed by atoms with Gasteiger partial charge in [-0.2, -0.15) is 5.90 Å². The molecule has 0 aliphatic heterocycles. The van der Waals surface area contributed by atoms with Crippen molar-refractivity contribution in [2.45, 2.75) is 31.2 Å². The molecule has 0 saturated heterocycles. The van der Waals surface area contributed by atoms with Crippen molar-refractivity contribution in [1.29, 1.82) is 0 Å². The van der Waals surface area contributed by atoms with Crippen molar-refractivity contribution >= 4 is 28.0 Å². The SMILES string of the molecule is CCOc1ccccc1OCCBr.COc1ccc(C[C@@H](C)N)cc1SOON. The summed E-state index contributed by atoms with van der Waals surface area (Å²) in [6, 6.07) is 13.6. The van der Waals surface area contributed by atoms with Gasteiger partial charge in [0.05, 0.1) is 37.3 Å². The smallest absolute Gasteiger partial charge is 0.161 e. The van der Waals surface area contributed by atoms with Crippen LogP contribution in [0.1, 0.15) is 19.4 Å². The zero-order valence-electron chi connectivity index (χ0n) is 16.9. The second-order valence-electron chi connectivity index (χ2n) is 5.83. The zero-order chi connectivity index (χ0) is 21.5. The molecule has 0 aromatic heterocycles. The molecule has 0 fully saturated rings. The van der Waals surface area contributed by atoms with Gasteiger partial charge in [-0.3, -0.25) is 0 Å². The monoisotopic (exact) mass is 488 g/mol. The average Bonchev–Trinajstić information content (AvgIpc) is 2.72. The number of methoxy groups -OCH3 is 1. The molecule has 2 aromatic rings. The molecule has 29 heavy (non-hydrogen) atoms. The first kappa shape index (κ1) is 25.5. The van der Waals surface area contributed by atoms with E-state index in [-0.39, 0.29) is 6.04 Å². The Morgan fingerprint density at radius 1 is 1.07 bits per heavy atom. The standard InChI is InChI=1S/C10H13BrO2.C10H16N2O3S/c1-2-12-9-5-3-4-6-10(9)13-8-7-11;1-7(11)5-8-3-4-9(13-2)10(6-8)16-15-14-12/h3-6H,2,7-8H2,1H3;3-4,6-7H,5,11-12H2,1-2H3/t;7-/m.1/s1. The van der Waals surface area contributed by atoms with E-state index in [2.05, 4.69) is 25.3 Å². The van der Waals surface area contributed by atoms with E-state index in [0.29, 0.717) is 19.0 Å². The lowest BCUT2D eigenvalue weighted by molar-refractivity contribution is -0.195. The van der Waals surface area contributed by atoms with Crippen LogP contribution >= 0.6 is 28.0 Å². The van der Waals surface area contributed by atoms with Crippen molar-refractivity contribution in [3.63, 3.8) is 0 Å². The van der Waals surface area contributed by atoms with Crippen LogP contribution in [0.3, 0.4) is 0 Å². The Morgan fingerprint density at radius 3 is 2.31 bits per heavy atom. The number of alkyl halides is 1. The lowest BCUT2D eigenvalue weighted by Gasteiger charge is -2.10. The van der Waals surface area contributed by atoms with Crippen LogP contribution in [0.5, 0.6) is 17.2 Å². The Balaban J connectivity index is 0.000000296. The van der Waals surface area contributed by atoms with Crippen molar-refractivity contribution in [2.75, 3.05) is 25.7 Å². The molecule has 0 unspecified atom stereocenters. The summed E-state index contributed by atoms with van der Waals surface area (Å²) in [4.78, 5) is 4.85. The van der Waals surface area contributed by atoms with Crippen LogP contribution in [0.15, 0.2) is 47.4 Å². The number of para-hydroxylation sites is 2. The fourth-order valence-electron chi connectivity index (χ4n) is 2.33. The Hall–Kier alpha value is -1.49. The molecule has 1 atom stereocenters. The molecule has 0 amide bonds. The summed E-state index contributed by atoms with van der Waals surface area (Å²) in [6.45, 7) is 5.23. The summed E-state index contributed by atoms with van der Waals surface area (Å²) in [6.07, 6.45) is 0.793. The first-order chi connectivity index (χ1) is 14.0. The van der Waals surface area contributed by atoms with Crippen molar-refractivity contribution < 1.29 is 23.5 Å². The van der Waals surface area contributed by atoms with E-state index in [1.54, 1.807) is 7.11 Å². The van der Waals surface area contributed by atoms with Gasteiger partial charge in [0, 0.05) is 11.4 Å². The van der Waals surface area contributed by atoms with Gasteiger partial charge in [0.1, 0.15) is 5.75 Å². The summed E-state index contributed by atoms with van der Waals surface area (Å²) in [5.41, 5.74) is 6.84. The minimum atomic E-state index is 0.109. The minimum absolute atomic E-state index is 0.109. The number of ether oxygens (including phenoxy) is 3. The second-order valence-corrected chi connectivity index (χ2v) is 7.37. The third-order valence-electron chi connectivity index (χ3n) is 3.43. The summed E-state index contributed by atoms with van der Waals surface area (Å²) in [5.74, 6) is 7.11. The molecule has 2 aromatic carbocycles. The lowest BCUT2D eigenvalue weighted by Crippen LogP contribution is -2.17. The van der Waals surface area contributed by atoms with Gasteiger partial charge in [-0.1, -0.05) is 34.1 Å². The second kappa shape index (κ2) is 15.4. The Kier molecular flexibility index (Phi) is 13.5. The fraction of sp³-hybridized carbons (Fsp3) is 0.400. The number of hydrogen-bond acceptors (Lipinski definition) is 8. The predicted octanol–water partition coefficient (Wildman–Crippen LogP) is 4.27. The maximum Gasteiger partial charge on any atom is 0.161 e. The van der Waals surface area contributed by atoms with Crippen LogP contribution in [0.4, 0.5) is 0 Å². The lowest BCUT2D eigenvalue weighted by atomic mass is 10.1. The molecule has 0 spiro atoms. The normalized spacial score (nSPS) is 11.2. The van der Waals surface area contributed by atoms with Gasteiger partial charge in [0.2, 0.25) is 0 Å². The Morgan fingerprint density at radius 2 is 1.76 bits per heavy atom. The van der Waals surface area contributed by atoms with Gasteiger partial charge in [-0.15, -0.1) is 9.32 Å². The summed E-state index contributed by atoms with van der Waals surface area (Å²) in [7, 11) is 1.59. The fourth-order valence-corrected chi connectivity index (χ4v) is 3.04. The number of benzene rings is 2. The van der Waals surface area contributed by atoms with Crippen LogP contribution < -0.4 is 25.8 Å². The van der Waals surface area contributed by atoms with Crippen LogP contribution in [0, 0.1) is 0 Å². The highest BCUT2D eigenvalue weighted by Gasteiger charge is 2.08. The topological polar surface area (TPSA) is 98.2 Å². The Bertz CT molecular complexity index is 706. The summed E-state index contributed by atoms with van der Waals surface area (Å²) in [5, 5.41) is 0.827. The first-order valence-electron chi connectivity index (χ1n) is 9.08. The molecule has 4 N–H and O–H groups in total. The maximum atomic E-state index is 5.73. The average molecular weight is 489 g/mol. The van der Waals surface area contributed by atoms with Gasteiger partial charge in [0.25, 0.3) is 0 Å². The first-order valence-corrected chi connectivity index (χ1v) is 10.9. The van der Waals surface area contributed by atoms with Gasteiger partial charge < -0.3 is 19.9 Å². The summed E-state index contributed by atoms with van der Waals surface area (Å²) < 4.78 is 20.6. The van der Waals surface area contributed by atoms with Crippen LogP contribution in [0.25, 0.3) is 0 Å². The van der Waals surface area contributed by atoms with Gasteiger partial charge in [-0.25, -0.2) is 0 Å².